The molecule has 21 rings (SSSR count). The second kappa shape index (κ2) is 27.5. The van der Waals surface area contributed by atoms with Crippen LogP contribution in [0.3, 0.4) is 0 Å². The van der Waals surface area contributed by atoms with Crippen LogP contribution in [0.2, 0.25) is 0 Å². The highest BCUT2D eigenvalue weighted by Gasteiger charge is 2.20. The molecule has 7 aromatic rings. The quantitative estimate of drug-likeness (QED) is 0.117. The fraction of sp³-hybridized carbons (Fsp3) is 0.0723. The van der Waals surface area contributed by atoms with E-state index in [9.17, 15) is 0 Å². The summed E-state index contributed by atoms with van der Waals surface area (Å²) in [5.41, 5.74) is 11.2. The van der Waals surface area contributed by atoms with Gasteiger partial charge in [-0.3, -0.25) is 0 Å². The number of H-pyrrole nitrogens is 7. The summed E-state index contributed by atoms with van der Waals surface area (Å²) in [5.74, 6) is 0. The Labute approximate surface area is 613 Å². The minimum Gasteiger partial charge on any atom is -0.355 e. The van der Waals surface area contributed by atoms with Gasteiger partial charge < -0.3 is 93.7 Å². The van der Waals surface area contributed by atoms with E-state index in [0.29, 0.717) is 13.3 Å². The van der Waals surface area contributed by atoms with E-state index >= 15 is 0 Å². The third kappa shape index (κ3) is 15.1. The van der Waals surface area contributed by atoms with Gasteiger partial charge in [0.15, 0.2) is 0 Å². The Balaban J connectivity index is 0.000000110. The molecule has 107 heavy (non-hydrogen) atoms. The van der Waals surface area contributed by atoms with Crippen molar-refractivity contribution in [3.05, 3.63) is 355 Å². The lowest BCUT2D eigenvalue weighted by Crippen LogP contribution is -2.24. The van der Waals surface area contributed by atoms with Crippen molar-refractivity contribution in [2.45, 2.75) is 0 Å². The van der Waals surface area contributed by atoms with E-state index in [4.69, 9.17) is 25.0 Å². The molecule has 0 radical (unpaired) electrons. The van der Waals surface area contributed by atoms with Gasteiger partial charge in [0.25, 0.3) is 0 Å². The van der Waals surface area contributed by atoms with Gasteiger partial charge in [-0.15, -0.1) is 0 Å². The highest BCUT2D eigenvalue weighted by Crippen LogP contribution is 2.23. The van der Waals surface area contributed by atoms with Crippen molar-refractivity contribution < 1.29 is 0 Å². The lowest BCUT2D eigenvalue weighted by atomic mass is 10.2. The second-order valence-corrected chi connectivity index (χ2v) is 27.1. The fourth-order valence-electron chi connectivity index (χ4n) is 13.6. The first-order valence-corrected chi connectivity index (χ1v) is 35.3. The molecule has 0 spiro atoms. The van der Waals surface area contributed by atoms with Crippen molar-refractivity contribution in [2.75, 3.05) is 40.0 Å². The van der Waals surface area contributed by atoms with Crippen LogP contribution in [0.15, 0.2) is 305 Å². The number of fused-ring (bicyclic) bond motifs is 32. The Kier molecular flexibility index (Phi) is 16.2. The lowest BCUT2D eigenvalue weighted by molar-refractivity contribution is 0.389. The van der Waals surface area contributed by atoms with Crippen molar-refractivity contribution in [1.29, 1.82) is 0 Å². The smallest absolute Gasteiger partial charge is 0.0979 e. The topological polar surface area (TPSA) is 211 Å². The Hall–Kier alpha value is -14.8. The minimum atomic E-state index is 0.706. The Bertz CT molecular complexity index is 6080. The maximum Gasteiger partial charge on any atom is 0.0979 e. The Morgan fingerprint density at radius 3 is 0.654 bits per heavy atom. The molecule has 0 saturated carbocycles. The molecule has 0 saturated heterocycles. The van der Waals surface area contributed by atoms with Gasteiger partial charge in [0, 0.05) is 187 Å². The van der Waals surface area contributed by atoms with Crippen molar-refractivity contribution in [3.8, 4) is 0 Å². The van der Waals surface area contributed by atoms with Gasteiger partial charge in [0.2, 0.25) is 0 Å². The van der Waals surface area contributed by atoms with Crippen molar-refractivity contribution in [1.82, 2.24) is 93.7 Å². The summed E-state index contributed by atoms with van der Waals surface area (Å²) in [6.45, 7) is 4.39. The van der Waals surface area contributed by atoms with Gasteiger partial charge >= 0.3 is 0 Å². The summed E-state index contributed by atoms with van der Waals surface area (Å²) >= 11 is 0. The lowest BCUT2D eigenvalue weighted by Gasteiger charge is -2.15. The predicted octanol–water partition coefficient (Wildman–Crippen LogP) is 2.50. The van der Waals surface area contributed by atoms with Crippen molar-refractivity contribution in [3.63, 3.8) is 0 Å². The molecular weight excluding hydrogens is 1330 g/mol. The van der Waals surface area contributed by atoms with Crippen molar-refractivity contribution >= 4 is 102 Å². The average molecular weight is 1410 g/mol. The van der Waals surface area contributed by atoms with E-state index in [2.05, 4.69) is 308 Å². The number of rotatable bonds is 0. The van der Waals surface area contributed by atoms with Crippen LogP contribution in [0.25, 0.3) is 73.8 Å². The normalized spacial score (nSPS) is 19.3. The number of aliphatic imine (C=N–C) groups is 5. The molecule has 7 N–H and O–H groups in total. The summed E-state index contributed by atoms with van der Waals surface area (Å²) in [7, 11) is 0. The molecule has 14 aliphatic rings. The SMILES string of the molecule is C1=CC2=NC1=CN1C=CN(C=C3C=CC(=N3)C3=NC(=CN4C=CN(C=c5ccc([nH]5)=C2)C4)C=C3)C1.C1=CC2=NC1=CN1C=CN(C=C3C=CC(=N3)C=c3ccc([nH]3)=CN3C=CN(C=c4ccc([nH]4)=C2)C3)C1.C1=CN2C=c3ccc([nH]3)=CN3C=CN(C=c4ccc([nH]4)=Cc4ccc([nH]4)C=c4ccc([nH]4)=CN1C2)C3. The second-order valence-electron chi connectivity index (χ2n) is 27.1. The molecule has 14 aliphatic heterocycles. The van der Waals surface area contributed by atoms with Gasteiger partial charge in [0.1, 0.15) is 0 Å². The first kappa shape index (κ1) is 63.1. The maximum absolute atomic E-state index is 4.77. The monoisotopic (exact) mass is 1400 g/mol. The minimum absolute atomic E-state index is 0.706. The Morgan fingerprint density at radius 2 is 0.393 bits per heavy atom. The maximum atomic E-state index is 4.77. The summed E-state index contributed by atoms with van der Waals surface area (Å²) in [6.07, 6.45) is 80.5. The molecule has 0 fully saturated rings. The molecule has 0 atom stereocenters. The number of allylic oxidation sites excluding steroid dienone is 10. The van der Waals surface area contributed by atoms with E-state index in [1.54, 1.807) is 0 Å². The van der Waals surface area contributed by atoms with Crippen LogP contribution in [0.1, 0.15) is 11.4 Å². The molecule has 36 bridgehead atoms. The molecular formula is C83H72N24. The van der Waals surface area contributed by atoms with E-state index in [-0.39, 0.29) is 0 Å². The third-order valence-electron chi connectivity index (χ3n) is 18.6. The van der Waals surface area contributed by atoms with E-state index in [0.717, 1.165) is 159 Å². The molecule has 0 amide bonds. The molecule has 24 heteroatoms. The number of nitrogens with one attached hydrogen (secondary N) is 7. The third-order valence-corrected chi connectivity index (χ3v) is 18.6. The number of hydrogen-bond donors (Lipinski definition) is 7. The standard InChI is InChI=1S/C28H24N8.C28H26N8.C27H22N8/c1-5-25-15-33-9-10-34(19-33)17-27-7-3-23(31-27)14-24-4-8-28(32-24)18-36-12-11-35(20-36)16-26-6-2-22(30-26)13-21(1)29-25;1-2-22-14-24-4-6-26(31-24)16-34-10-12-36(20-34)18-28-8-7-27(32-28)17-35-11-9-33(19-35)15-25-5-3-23(30-25)13-21(1)29-22;1-3-22-14-32-9-11-34(18-32)16-24-5-7-26(30-24)27-8-6-25(31-27)17-35-12-10-33(19-35)15-23-4-2-21(29-23)13-20(1)28-22/h1-18,29,31H,19-20H2;1-18,29-32H,19-20H2;1-17,28H,18-19H2. The number of hydrogen-bond acceptors (Lipinski definition) is 17. The van der Waals surface area contributed by atoms with Gasteiger partial charge in [-0.1, -0.05) is 0 Å². The predicted molar refractivity (Wildman–Crippen MR) is 422 cm³/mol. The first-order chi connectivity index (χ1) is 52.6. The zero-order valence-corrected chi connectivity index (χ0v) is 57.9. The molecule has 0 unspecified atom stereocenters. The molecule has 21 heterocycles. The number of aromatic amines is 7. The summed E-state index contributed by atoms with van der Waals surface area (Å²) in [5, 5.41) is 12.5. The van der Waals surface area contributed by atoms with E-state index < -0.39 is 0 Å². The number of nitrogens with zero attached hydrogens (tertiary/aromatic N) is 17. The van der Waals surface area contributed by atoms with Crippen LogP contribution in [0.4, 0.5) is 0 Å². The van der Waals surface area contributed by atoms with E-state index in [1.165, 1.54) is 0 Å². The zero-order chi connectivity index (χ0) is 71.0. The van der Waals surface area contributed by atoms with Crippen LogP contribution in [0, 0.1) is 0 Å². The molecule has 24 nitrogen and oxygen atoms in total. The summed E-state index contributed by atoms with van der Waals surface area (Å²) in [4.78, 5) is 73.7. The molecule has 0 aromatic carbocycles. The van der Waals surface area contributed by atoms with Crippen LogP contribution < -0.4 is 64.2 Å². The first-order valence-electron chi connectivity index (χ1n) is 35.3. The number of aromatic nitrogens is 7. The molecule has 0 aliphatic carbocycles. The largest absolute Gasteiger partial charge is 0.355 e. The molecule has 524 valence electrons. The highest BCUT2D eigenvalue weighted by atomic mass is 15.4. The van der Waals surface area contributed by atoms with Gasteiger partial charge in [-0.2, -0.15) is 0 Å². The summed E-state index contributed by atoms with van der Waals surface area (Å²) in [6, 6.07) is 29.2. The van der Waals surface area contributed by atoms with Gasteiger partial charge in [-0.05, 0) is 176 Å². The van der Waals surface area contributed by atoms with Crippen LogP contribution in [0.5, 0.6) is 0 Å². The zero-order valence-electron chi connectivity index (χ0n) is 57.9. The van der Waals surface area contributed by atoms with Crippen LogP contribution in [-0.4, -0.2) is 162 Å². The van der Waals surface area contributed by atoms with Crippen molar-refractivity contribution in [2.24, 2.45) is 25.0 Å². The highest BCUT2D eigenvalue weighted by molar-refractivity contribution is 6.52. The summed E-state index contributed by atoms with van der Waals surface area (Å²) < 4.78 is 0. The van der Waals surface area contributed by atoms with Gasteiger partial charge in [-0.25, -0.2) is 25.0 Å². The van der Waals surface area contributed by atoms with Crippen LogP contribution >= 0.6 is 0 Å². The Morgan fingerprint density at radius 1 is 0.187 bits per heavy atom. The van der Waals surface area contributed by atoms with Gasteiger partial charge in [0.05, 0.1) is 134 Å². The van der Waals surface area contributed by atoms with Crippen LogP contribution in [-0.2, 0) is 0 Å². The van der Waals surface area contributed by atoms with E-state index in [1.807, 2.05) is 110 Å². The fourth-order valence-corrected chi connectivity index (χ4v) is 13.6. The average Bonchev–Trinajstić information content (AvgIpc) is 1.61. The molecule has 7 aromatic heterocycles.